The van der Waals surface area contributed by atoms with Crippen molar-refractivity contribution in [3.8, 4) is 5.75 Å². The molecule has 0 aliphatic heterocycles. The standard InChI is InChI=1S/C17H15BrIN3O3S/c1-9-3-4-10(7-12(9)18)16(24)21-22-17(26)20-15(23)11-5-6-14(25-2)13(19)8-11/h3-8H,1-2H3,(H,21,24)(H2,20,22,23,26). The van der Waals surface area contributed by atoms with E-state index in [1.807, 2.05) is 13.0 Å². The highest BCUT2D eigenvalue weighted by Crippen LogP contribution is 2.21. The van der Waals surface area contributed by atoms with Crippen LogP contribution in [0.2, 0.25) is 0 Å². The Morgan fingerprint density at radius 1 is 1.08 bits per heavy atom. The van der Waals surface area contributed by atoms with Crippen molar-refractivity contribution in [2.24, 2.45) is 0 Å². The van der Waals surface area contributed by atoms with E-state index in [0.717, 1.165) is 13.6 Å². The number of nitrogens with one attached hydrogen (secondary N) is 3. The number of hydrazine groups is 1. The predicted molar refractivity (Wildman–Crippen MR) is 115 cm³/mol. The number of hydrogen-bond donors (Lipinski definition) is 3. The van der Waals surface area contributed by atoms with Crippen molar-refractivity contribution < 1.29 is 14.3 Å². The molecular weight excluding hydrogens is 533 g/mol. The molecular formula is C17H15BrIN3O3S. The fraction of sp³-hybridized carbons (Fsp3) is 0.118. The van der Waals surface area contributed by atoms with Gasteiger partial charge in [0, 0.05) is 15.6 Å². The van der Waals surface area contributed by atoms with Gasteiger partial charge in [-0.05, 0) is 77.6 Å². The average molecular weight is 548 g/mol. The zero-order valence-electron chi connectivity index (χ0n) is 13.9. The number of ether oxygens (including phenoxy) is 1. The fourth-order valence-electron chi connectivity index (χ4n) is 1.93. The first-order chi connectivity index (χ1) is 12.3. The van der Waals surface area contributed by atoms with Gasteiger partial charge < -0.3 is 4.74 Å². The van der Waals surface area contributed by atoms with E-state index in [2.05, 4.69) is 54.7 Å². The van der Waals surface area contributed by atoms with Crippen molar-refractivity contribution in [2.45, 2.75) is 6.92 Å². The SMILES string of the molecule is COc1ccc(C(=O)NC(=S)NNC(=O)c2ccc(C)c(Br)c2)cc1I. The highest BCUT2D eigenvalue weighted by Gasteiger charge is 2.12. The molecule has 0 saturated heterocycles. The molecule has 0 aromatic heterocycles. The van der Waals surface area contributed by atoms with Crippen molar-refractivity contribution in [2.75, 3.05) is 7.11 Å². The Kier molecular flexibility index (Phi) is 7.35. The van der Waals surface area contributed by atoms with Crippen molar-refractivity contribution in [3.63, 3.8) is 0 Å². The average Bonchev–Trinajstić information content (AvgIpc) is 2.61. The third-order valence-corrected chi connectivity index (χ3v) is 5.27. The van der Waals surface area contributed by atoms with Gasteiger partial charge in [0.2, 0.25) is 0 Å². The number of halogens is 2. The Morgan fingerprint density at radius 2 is 1.73 bits per heavy atom. The van der Waals surface area contributed by atoms with E-state index in [9.17, 15) is 9.59 Å². The van der Waals surface area contributed by atoms with E-state index < -0.39 is 5.91 Å². The summed E-state index contributed by atoms with van der Waals surface area (Å²) in [5, 5.41) is 2.49. The van der Waals surface area contributed by atoms with Crippen LogP contribution in [0, 0.1) is 10.5 Å². The number of hydrogen-bond acceptors (Lipinski definition) is 4. The molecule has 26 heavy (non-hydrogen) atoms. The van der Waals surface area contributed by atoms with Gasteiger partial charge in [-0.3, -0.25) is 25.8 Å². The first-order valence-corrected chi connectivity index (χ1v) is 9.61. The quantitative estimate of drug-likeness (QED) is 0.312. The number of carbonyl (C=O) groups excluding carboxylic acids is 2. The lowest BCUT2D eigenvalue weighted by Crippen LogP contribution is -2.48. The maximum atomic E-state index is 12.2. The molecule has 0 aliphatic carbocycles. The van der Waals surface area contributed by atoms with Crippen LogP contribution in [0.15, 0.2) is 40.9 Å². The molecule has 0 bridgehead atoms. The van der Waals surface area contributed by atoms with E-state index in [4.69, 9.17) is 17.0 Å². The molecule has 6 nitrogen and oxygen atoms in total. The zero-order chi connectivity index (χ0) is 19.3. The molecule has 0 aliphatic rings. The molecule has 2 rings (SSSR count). The van der Waals surface area contributed by atoms with Gasteiger partial charge in [-0.2, -0.15) is 0 Å². The molecule has 0 saturated carbocycles. The molecule has 0 fully saturated rings. The minimum atomic E-state index is -0.393. The van der Waals surface area contributed by atoms with Crippen LogP contribution in [0.25, 0.3) is 0 Å². The van der Waals surface area contributed by atoms with Gasteiger partial charge in [0.25, 0.3) is 11.8 Å². The second-order valence-electron chi connectivity index (χ2n) is 5.18. The van der Waals surface area contributed by atoms with Gasteiger partial charge in [0.1, 0.15) is 5.75 Å². The first-order valence-electron chi connectivity index (χ1n) is 7.33. The van der Waals surface area contributed by atoms with Crippen LogP contribution in [0.1, 0.15) is 26.3 Å². The molecule has 2 amide bonds. The van der Waals surface area contributed by atoms with Gasteiger partial charge in [-0.25, -0.2) is 0 Å². The van der Waals surface area contributed by atoms with Crippen molar-refractivity contribution in [1.82, 2.24) is 16.2 Å². The fourth-order valence-corrected chi connectivity index (χ4v) is 3.19. The topological polar surface area (TPSA) is 79.5 Å². The largest absolute Gasteiger partial charge is 0.496 e. The summed E-state index contributed by atoms with van der Waals surface area (Å²) in [6.45, 7) is 1.93. The van der Waals surface area contributed by atoms with Crippen LogP contribution in [0.3, 0.4) is 0 Å². The number of benzene rings is 2. The highest BCUT2D eigenvalue weighted by molar-refractivity contribution is 14.1. The lowest BCUT2D eigenvalue weighted by molar-refractivity contribution is 0.0934. The van der Waals surface area contributed by atoms with Crippen molar-refractivity contribution >= 4 is 67.7 Å². The molecule has 0 atom stereocenters. The summed E-state index contributed by atoms with van der Waals surface area (Å²) < 4.78 is 6.78. The number of amides is 2. The number of thiocarbonyl (C=S) groups is 1. The van der Waals surface area contributed by atoms with Crippen LogP contribution in [-0.4, -0.2) is 24.0 Å². The van der Waals surface area contributed by atoms with Crippen LogP contribution in [-0.2, 0) is 0 Å². The van der Waals surface area contributed by atoms with Gasteiger partial charge >= 0.3 is 0 Å². The summed E-state index contributed by atoms with van der Waals surface area (Å²) in [4.78, 5) is 24.3. The number of aryl methyl sites for hydroxylation is 1. The second kappa shape index (κ2) is 9.28. The molecule has 0 heterocycles. The predicted octanol–water partition coefficient (Wildman–Crippen LogP) is 3.32. The monoisotopic (exact) mass is 547 g/mol. The Hall–Kier alpha value is -1.72. The first kappa shape index (κ1) is 20.6. The minimum Gasteiger partial charge on any atom is -0.496 e. The van der Waals surface area contributed by atoms with Crippen LogP contribution >= 0.6 is 50.7 Å². The van der Waals surface area contributed by atoms with Crippen LogP contribution in [0.4, 0.5) is 0 Å². The molecule has 0 unspecified atom stereocenters. The molecule has 0 spiro atoms. The third kappa shape index (κ3) is 5.39. The lowest BCUT2D eigenvalue weighted by atomic mass is 10.1. The van der Waals surface area contributed by atoms with Gasteiger partial charge in [0.15, 0.2) is 5.11 Å². The summed E-state index contributed by atoms with van der Waals surface area (Å²) in [6, 6.07) is 10.2. The van der Waals surface area contributed by atoms with E-state index in [0.29, 0.717) is 16.9 Å². The van der Waals surface area contributed by atoms with E-state index in [1.54, 1.807) is 37.4 Å². The molecule has 2 aromatic carbocycles. The van der Waals surface area contributed by atoms with Crippen molar-refractivity contribution in [1.29, 1.82) is 0 Å². The van der Waals surface area contributed by atoms with Crippen molar-refractivity contribution in [3.05, 3.63) is 61.1 Å². The Bertz CT molecular complexity index is 876. The second-order valence-corrected chi connectivity index (χ2v) is 7.60. The van der Waals surface area contributed by atoms with Crippen LogP contribution in [0.5, 0.6) is 5.75 Å². The number of carbonyl (C=O) groups is 2. The third-order valence-electron chi connectivity index (χ3n) is 3.36. The normalized spacial score (nSPS) is 10.0. The van der Waals surface area contributed by atoms with Crippen LogP contribution < -0.4 is 20.9 Å². The Morgan fingerprint density at radius 3 is 2.35 bits per heavy atom. The lowest BCUT2D eigenvalue weighted by Gasteiger charge is -2.12. The number of methoxy groups -OCH3 is 1. The highest BCUT2D eigenvalue weighted by atomic mass is 127. The molecule has 0 radical (unpaired) electrons. The molecule has 3 N–H and O–H groups in total. The minimum absolute atomic E-state index is 0.0136. The van der Waals surface area contributed by atoms with E-state index >= 15 is 0 Å². The molecule has 9 heteroatoms. The van der Waals surface area contributed by atoms with E-state index in [-0.39, 0.29) is 11.0 Å². The number of rotatable bonds is 3. The Balaban J connectivity index is 1.91. The van der Waals surface area contributed by atoms with E-state index in [1.165, 1.54) is 0 Å². The van der Waals surface area contributed by atoms with Gasteiger partial charge in [-0.15, -0.1) is 0 Å². The zero-order valence-corrected chi connectivity index (χ0v) is 18.4. The maximum Gasteiger partial charge on any atom is 0.269 e. The summed E-state index contributed by atoms with van der Waals surface area (Å²) in [6.07, 6.45) is 0. The molecule has 136 valence electrons. The summed E-state index contributed by atoms with van der Waals surface area (Å²) in [7, 11) is 1.56. The maximum absolute atomic E-state index is 12.2. The Labute approximate surface area is 178 Å². The molecule has 2 aromatic rings. The van der Waals surface area contributed by atoms with Gasteiger partial charge in [0.05, 0.1) is 10.7 Å². The van der Waals surface area contributed by atoms with Gasteiger partial charge in [-0.1, -0.05) is 22.0 Å². The smallest absolute Gasteiger partial charge is 0.269 e. The summed E-state index contributed by atoms with van der Waals surface area (Å²) >= 11 is 10.5. The summed E-state index contributed by atoms with van der Waals surface area (Å²) in [5.74, 6) is -0.0870. The summed E-state index contributed by atoms with van der Waals surface area (Å²) in [5.41, 5.74) is 6.85.